The molecule has 0 aliphatic carbocycles. The minimum Gasteiger partial charge on any atom is -0.490 e. The normalized spacial score (nSPS) is 11.5. The molecule has 0 spiro atoms. The number of carboxylic acid groups (broad SMARTS) is 1. The fourth-order valence-corrected chi connectivity index (χ4v) is 3.95. The minimum atomic E-state index is -1.04. The van der Waals surface area contributed by atoms with Gasteiger partial charge in [-0.25, -0.2) is 4.79 Å². The van der Waals surface area contributed by atoms with Crippen LogP contribution in [0.2, 0.25) is 0 Å². The van der Waals surface area contributed by atoms with Gasteiger partial charge >= 0.3 is 5.97 Å². The van der Waals surface area contributed by atoms with E-state index < -0.39 is 17.9 Å². The first kappa shape index (κ1) is 25.2. The number of hydrogen-bond acceptors (Lipinski definition) is 5. The van der Waals surface area contributed by atoms with Crippen LogP contribution in [0.5, 0.6) is 11.5 Å². The summed E-state index contributed by atoms with van der Waals surface area (Å²) in [5.74, 6) is 0.542. The number of rotatable bonds is 12. The Kier molecular flexibility index (Phi) is 9.40. The van der Waals surface area contributed by atoms with Gasteiger partial charge < -0.3 is 19.9 Å². The third kappa shape index (κ3) is 7.02. The highest BCUT2D eigenvalue weighted by molar-refractivity contribution is 7.98. The number of carboxylic acids is 1. The van der Waals surface area contributed by atoms with E-state index in [0.717, 1.165) is 16.9 Å². The lowest BCUT2D eigenvalue weighted by Crippen LogP contribution is -2.41. The fraction of sp³-hybridized carbons (Fsp3) is 0.259. The summed E-state index contributed by atoms with van der Waals surface area (Å²) in [6.07, 6.45) is 2.26. The third-order valence-corrected chi connectivity index (χ3v) is 5.89. The number of para-hydroxylation sites is 1. The zero-order valence-corrected chi connectivity index (χ0v) is 20.1. The smallest absolute Gasteiger partial charge is 0.326 e. The molecular formula is C27H29NO5S. The van der Waals surface area contributed by atoms with E-state index in [1.54, 1.807) is 23.9 Å². The van der Waals surface area contributed by atoms with Gasteiger partial charge in [-0.15, -0.1) is 0 Å². The van der Waals surface area contributed by atoms with E-state index in [1.165, 1.54) is 0 Å². The molecule has 34 heavy (non-hydrogen) atoms. The Morgan fingerprint density at radius 1 is 0.912 bits per heavy atom. The van der Waals surface area contributed by atoms with Gasteiger partial charge in [-0.2, -0.15) is 11.8 Å². The Morgan fingerprint density at radius 2 is 1.59 bits per heavy atom. The van der Waals surface area contributed by atoms with Crippen LogP contribution in [0.4, 0.5) is 0 Å². The summed E-state index contributed by atoms with van der Waals surface area (Å²) in [5.41, 5.74) is 2.97. The maximum absolute atomic E-state index is 13.1. The molecule has 0 fully saturated rings. The molecule has 0 saturated carbocycles. The van der Waals surface area contributed by atoms with Crippen molar-refractivity contribution in [1.29, 1.82) is 0 Å². The van der Waals surface area contributed by atoms with Gasteiger partial charge in [-0.1, -0.05) is 42.5 Å². The predicted molar refractivity (Wildman–Crippen MR) is 136 cm³/mol. The Morgan fingerprint density at radius 3 is 2.26 bits per heavy atom. The van der Waals surface area contributed by atoms with E-state index >= 15 is 0 Å². The van der Waals surface area contributed by atoms with Crippen molar-refractivity contribution in [3.05, 3.63) is 83.9 Å². The number of aryl methyl sites for hydroxylation is 1. The quantitative estimate of drug-likeness (QED) is 0.354. The monoisotopic (exact) mass is 479 g/mol. The molecule has 178 valence electrons. The summed E-state index contributed by atoms with van der Waals surface area (Å²) in [5, 5.41) is 12.2. The SMILES string of the molecule is CSCC[C@H](NC(=O)c1ccc(OCCOc2ccccc2)cc1-c1ccccc1C)C(=O)O. The van der Waals surface area contributed by atoms with E-state index in [0.29, 0.717) is 42.3 Å². The molecule has 1 atom stereocenters. The van der Waals surface area contributed by atoms with Crippen molar-refractivity contribution < 1.29 is 24.2 Å². The molecule has 6 nitrogen and oxygen atoms in total. The van der Waals surface area contributed by atoms with Crippen LogP contribution in [0.25, 0.3) is 11.1 Å². The minimum absolute atomic E-state index is 0.337. The maximum atomic E-state index is 13.1. The molecule has 2 N–H and O–H groups in total. The Labute approximate surface area is 204 Å². The van der Waals surface area contributed by atoms with Gasteiger partial charge in [0.05, 0.1) is 0 Å². The van der Waals surface area contributed by atoms with Crippen LogP contribution in [0, 0.1) is 6.92 Å². The van der Waals surface area contributed by atoms with Crippen LogP contribution >= 0.6 is 11.8 Å². The summed E-state index contributed by atoms with van der Waals surface area (Å²) >= 11 is 1.54. The van der Waals surface area contributed by atoms with Gasteiger partial charge in [0.15, 0.2) is 0 Å². The zero-order valence-electron chi connectivity index (χ0n) is 19.3. The molecule has 0 aliphatic heterocycles. The standard InChI is InChI=1S/C27H29NO5S/c1-19-8-6-7-11-22(19)24-18-21(33-16-15-32-20-9-4-3-5-10-20)12-13-23(24)26(29)28-25(27(30)31)14-17-34-2/h3-13,18,25H,14-17H2,1-2H3,(H,28,29)(H,30,31)/t25-/m0/s1. The summed E-state index contributed by atoms with van der Waals surface area (Å²) in [6, 6.07) is 21.5. The van der Waals surface area contributed by atoms with Gasteiger partial charge in [-0.3, -0.25) is 4.79 Å². The molecule has 1 amide bonds. The van der Waals surface area contributed by atoms with Crippen LogP contribution in [-0.2, 0) is 4.79 Å². The summed E-state index contributed by atoms with van der Waals surface area (Å²) in [4.78, 5) is 24.7. The number of hydrogen-bond donors (Lipinski definition) is 2. The molecule has 3 rings (SSSR count). The molecule has 0 heterocycles. The highest BCUT2D eigenvalue weighted by Gasteiger charge is 2.23. The van der Waals surface area contributed by atoms with Crippen LogP contribution in [0.15, 0.2) is 72.8 Å². The Bertz CT molecular complexity index is 1100. The van der Waals surface area contributed by atoms with Crippen molar-refractivity contribution in [1.82, 2.24) is 5.32 Å². The van der Waals surface area contributed by atoms with E-state index in [9.17, 15) is 14.7 Å². The van der Waals surface area contributed by atoms with E-state index in [1.807, 2.05) is 73.8 Å². The summed E-state index contributed by atoms with van der Waals surface area (Å²) in [6.45, 7) is 2.68. The van der Waals surface area contributed by atoms with Gasteiger partial charge in [0.2, 0.25) is 0 Å². The molecule has 0 aromatic heterocycles. The van der Waals surface area contributed by atoms with Crippen molar-refractivity contribution >= 4 is 23.6 Å². The van der Waals surface area contributed by atoms with Gasteiger partial charge in [0.1, 0.15) is 30.8 Å². The zero-order chi connectivity index (χ0) is 24.3. The van der Waals surface area contributed by atoms with Crippen LogP contribution in [-0.4, -0.2) is 48.2 Å². The largest absolute Gasteiger partial charge is 0.490 e. The number of carbonyl (C=O) groups is 2. The Balaban J connectivity index is 1.79. The molecule has 0 radical (unpaired) electrons. The first-order chi connectivity index (χ1) is 16.5. The lowest BCUT2D eigenvalue weighted by Gasteiger charge is -2.18. The van der Waals surface area contributed by atoms with Crippen LogP contribution in [0.1, 0.15) is 22.3 Å². The van der Waals surface area contributed by atoms with Crippen molar-refractivity contribution in [2.24, 2.45) is 0 Å². The fourth-order valence-electron chi connectivity index (χ4n) is 3.47. The highest BCUT2D eigenvalue weighted by atomic mass is 32.2. The van der Waals surface area contributed by atoms with Crippen LogP contribution < -0.4 is 14.8 Å². The lowest BCUT2D eigenvalue weighted by molar-refractivity contribution is -0.139. The van der Waals surface area contributed by atoms with Crippen molar-refractivity contribution in [3.8, 4) is 22.6 Å². The van der Waals surface area contributed by atoms with Crippen molar-refractivity contribution in [2.45, 2.75) is 19.4 Å². The van der Waals surface area contributed by atoms with Gasteiger partial charge in [-0.05, 0) is 72.4 Å². The third-order valence-electron chi connectivity index (χ3n) is 5.25. The number of ether oxygens (including phenoxy) is 2. The Hall–Kier alpha value is -3.45. The van der Waals surface area contributed by atoms with E-state index in [-0.39, 0.29) is 0 Å². The second-order valence-electron chi connectivity index (χ2n) is 7.68. The van der Waals surface area contributed by atoms with Crippen molar-refractivity contribution in [3.63, 3.8) is 0 Å². The average molecular weight is 480 g/mol. The molecule has 3 aromatic rings. The second-order valence-corrected chi connectivity index (χ2v) is 8.66. The number of benzene rings is 3. The molecule has 0 aliphatic rings. The predicted octanol–water partition coefficient (Wildman–Crippen LogP) is 5.06. The number of thioether (sulfide) groups is 1. The number of amides is 1. The van der Waals surface area contributed by atoms with Gasteiger partial charge in [0, 0.05) is 5.56 Å². The molecule has 0 bridgehead atoms. The van der Waals surface area contributed by atoms with E-state index in [4.69, 9.17) is 9.47 Å². The molecular weight excluding hydrogens is 450 g/mol. The summed E-state index contributed by atoms with van der Waals surface area (Å²) < 4.78 is 11.6. The topological polar surface area (TPSA) is 84.9 Å². The van der Waals surface area contributed by atoms with Crippen molar-refractivity contribution in [2.75, 3.05) is 25.2 Å². The highest BCUT2D eigenvalue weighted by Crippen LogP contribution is 2.31. The molecule has 7 heteroatoms. The first-order valence-electron chi connectivity index (χ1n) is 11.0. The summed E-state index contributed by atoms with van der Waals surface area (Å²) in [7, 11) is 0. The number of carbonyl (C=O) groups excluding carboxylic acids is 1. The number of nitrogens with one attached hydrogen (secondary N) is 1. The van der Waals surface area contributed by atoms with Gasteiger partial charge in [0.25, 0.3) is 5.91 Å². The molecule has 3 aromatic carbocycles. The second kappa shape index (κ2) is 12.7. The first-order valence-corrected chi connectivity index (χ1v) is 12.4. The molecule has 0 unspecified atom stereocenters. The maximum Gasteiger partial charge on any atom is 0.326 e. The van der Waals surface area contributed by atoms with Crippen LogP contribution in [0.3, 0.4) is 0 Å². The molecule has 0 saturated heterocycles. The number of aliphatic carboxylic acids is 1. The van der Waals surface area contributed by atoms with E-state index in [2.05, 4.69) is 5.32 Å². The average Bonchev–Trinajstić information content (AvgIpc) is 2.85. The lowest BCUT2D eigenvalue weighted by atomic mass is 9.95.